The molecule has 0 saturated heterocycles. The number of amides is 2. The van der Waals surface area contributed by atoms with E-state index in [9.17, 15) is 9.59 Å². The summed E-state index contributed by atoms with van der Waals surface area (Å²) in [6, 6.07) is 22.5. The van der Waals surface area contributed by atoms with Gasteiger partial charge in [-0.1, -0.05) is 35.9 Å². The van der Waals surface area contributed by atoms with E-state index in [1.165, 1.54) is 18.5 Å². The largest absolute Gasteiger partial charge is 0.490 e. The standard InChI is InChI=1S/C28H24ClN3O5/c1-2-35-26-16-20(11-14-24(26)37-18-19-9-12-21(29)13-10-19)17-30-32-27(33)22-6-3-4-7-23(22)31-28(34)25-8-5-15-36-25/h3-17H,2,18H2,1H3,(H,31,34)(H,32,33)/b30-17-. The highest BCUT2D eigenvalue weighted by molar-refractivity contribution is 6.30. The average Bonchev–Trinajstić information content (AvgIpc) is 3.45. The molecule has 1 heterocycles. The molecule has 0 saturated carbocycles. The van der Waals surface area contributed by atoms with Gasteiger partial charge in [-0.2, -0.15) is 5.10 Å². The fraction of sp³-hybridized carbons (Fsp3) is 0.107. The Bertz CT molecular complexity index is 1390. The van der Waals surface area contributed by atoms with E-state index < -0.39 is 11.8 Å². The number of carbonyl (C=O) groups excluding carboxylic acids is 2. The summed E-state index contributed by atoms with van der Waals surface area (Å²) in [5, 5.41) is 7.39. The minimum Gasteiger partial charge on any atom is -0.490 e. The minimum absolute atomic E-state index is 0.138. The van der Waals surface area contributed by atoms with Crippen molar-refractivity contribution in [2.45, 2.75) is 13.5 Å². The van der Waals surface area contributed by atoms with Crippen molar-refractivity contribution in [2.75, 3.05) is 11.9 Å². The SMILES string of the molecule is CCOc1cc(/C=N\NC(=O)c2ccccc2NC(=O)c2ccco2)ccc1OCc1ccc(Cl)cc1. The number of hydrazone groups is 1. The van der Waals surface area contributed by atoms with Crippen LogP contribution in [0.3, 0.4) is 0 Å². The molecule has 4 rings (SSSR count). The van der Waals surface area contributed by atoms with Crippen LogP contribution in [0.25, 0.3) is 0 Å². The van der Waals surface area contributed by atoms with Gasteiger partial charge in [0.05, 0.1) is 30.3 Å². The molecule has 37 heavy (non-hydrogen) atoms. The van der Waals surface area contributed by atoms with Crippen LogP contribution in [0.15, 0.2) is 94.6 Å². The molecule has 9 heteroatoms. The van der Waals surface area contributed by atoms with Crippen molar-refractivity contribution in [3.63, 3.8) is 0 Å². The molecule has 0 atom stereocenters. The first-order chi connectivity index (χ1) is 18.0. The third-order valence-electron chi connectivity index (χ3n) is 5.12. The van der Waals surface area contributed by atoms with Gasteiger partial charge in [0.1, 0.15) is 6.61 Å². The van der Waals surface area contributed by atoms with E-state index in [1.54, 1.807) is 48.5 Å². The number of furan rings is 1. The van der Waals surface area contributed by atoms with E-state index in [-0.39, 0.29) is 11.3 Å². The molecule has 3 aromatic carbocycles. The normalized spacial score (nSPS) is 10.8. The lowest BCUT2D eigenvalue weighted by Gasteiger charge is -2.13. The summed E-state index contributed by atoms with van der Waals surface area (Å²) in [4.78, 5) is 25.0. The van der Waals surface area contributed by atoms with Crippen molar-refractivity contribution < 1.29 is 23.5 Å². The summed E-state index contributed by atoms with van der Waals surface area (Å²) < 4.78 is 16.7. The molecule has 0 fully saturated rings. The van der Waals surface area contributed by atoms with Crippen molar-refractivity contribution >= 4 is 35.3 Å². The summed E-state index contributed by atoms with van der Waals surface area (Å²) in [5.41, 5.74) is 4.74. The van der Waals surface area contributed by atoms with Crippen molar-refractivity contribution in [2.24, 2.45) is 5.10 Å². The number of rotatable bonds is 10. The van der Waals surface area contributed by atoms with Gasteiger partial charge < -0.3 is 19.2 Å². The number of hydrogen-bond donors (Lipinski definition) is 2. The maximum absolute atomic E-state index is 12.7. The highest BCUT2D eigenvalue weighted by Crippen LogP contribution is 2.29. The van der Waals surface area contributed by atoms with Crippen LogP contribution >= 0.6 is 11.6 Å². The molecule has 2 amide bonds. The zero-order chi connectivity index (χ0) is 26.0. The number of benzene rings is 3. The molecule has 1 aromatic heterocycles. The Balaban J connectivity index is 1.40. The van der Waals surface area contributed by atoms with Crippen LogP contribution < -0.4 is 20.2 Å². The van der Waals surface area contributed by atoms with Gasteiger partial charge in [-0.3, -0.25) is 9.59 Å². The van der Waals surface area contributed by atoms with Gasteiger partial charge in [-0.15, -0.1) is 0 Å². The predicted octanol–water partition coefficient (Wildman–Crippen LogP) is 5.93. The Morgan fingerprint density at radius 3 is 2.51 bits per heavy atom. The fourth-order valence-electron chi connectivity index (χ4n) is 3.34. The van der Waals surface area contributed by atoms with E-state index in [2.05, 4.69) is 15.8 Å². The molecule has 0 radical (unpaired) electrons. The van der Waals surface area contributed by atoms with Crippen LogP contribution in [0.2, 0.25) is 5.02 Å². The van der Waals surface area contributed by atoms with Crippen molar-refractivity contribution in [1.82, 2.24) is 5.43 Å². The molecular weight excluding hydrogens is 494 g/mol. The quantitative estimate of drug-likeness (QED) is 0.200. The number of carbonyl (C=O) groups is 2. The maximum Gasteiger partial charge on any atom is 0.291 e. The predicted molar refractivity (Wildman–Crippen MR) is 142 cm³/mol. The van der Waals surface area contributed by atoms with E-state index in [4.69, 9.17) is 25.5 Å². The molecule has 0 aliphatic rings. The maximum atomic E-state index is 12.7. The summed E-state index contributed by atoms with van der Waals surface area (Å²) in [7, 11) is 0. The van der Waals surface area contributed by atoms with Gasteiger partial charge in [0, 0.05) is 5.02 Å². The lowest BCUT2D eigenvalue weighted by Crippen LogP contribution is -2.21. The van der Waals surface area contributed by atoms with Crippen LogP contribution in [0.1, 0.15) is 39.0 Å². The zero-order valence-electron chi connectivity index (χ0n) is 19.9. The van der Waals surface area contributed by atoms with E-state index in [1.807, 2.05) is 31.2 Å². The molecule has 2 N–H and O–H groups in total. The summed E-state index contributed by atoms with van der Waals surface area (Å²) in [5.74, 6) is 0.325. The van der Waals surface area contributed by atoms with E-state index in [0.717, 1.165) is 5.56 Å². The third kappa shape index (κ3) is 6.99. The smallest absolute Gasteiger partial charge is 0.291 e. The number of hydrogen-bond acceptors (Lipinski definition) is 6. The number of nitrogens with zero attached hydrogens (tertiary/aromatic N) is 1. The van der Waals surface area contributed by atoms with E-state index in [0.29, 0.717) is 41.0 Å². The van der Waals surface area contributed by atoms with Crippen LogP contribution in [0.5, 0.6) is 11.5 Å². The van der Waals surface area contributed by atoms with Gasteiger partial charge in [0.25, 0.3) is 11.8 Å². The summed E-state index contributed by atoms with van der Waals surface area (Å²) in [6.45, 7) is 2.69. The molecular formula is C28H24ClN3O5. The molecule has 8 nitrogen and oxygen atoms in total. The number of anilines is 1. The lowest BCUT2D eigenvalue weighted by atomic mass is 10.1. The number of ether oxygens (including phenoxy) is 2. The van der Waals surface area contributed by atoms with Gasteiger partial charge in [0.15, 0.2) is 17.3 Å². The number of para-hydroxylation sites is 1. The Labute approximate surface area is 218 Å². The minimum atomic E-state index is -0.487. The lowest BCUT2D eigenvalue weighted by molar-refractivity contribution is 0.0956. The van der Waals surface area contributed by atoms with Crippen molar-refractivity contribution in [1.29, 1.82) is 0 Å². The number of nitrogens with one attached hydrogen (secondary N) is 2. The topological polar surface area (TPSA) is 102 Å². The highest BCUT2D eigenvalue weighted by atomic mass is 35.5. The summed E-state index contributed by atoms with van der Waals surface area (Å²) >= 11 is 5.94. The van der Waals surface area contributed by atoms with Crippen molar-refractivity contribution in [3.05, 3.63) is 113 Å². The van der Waals surface area contributed by atoms with Gasteiger partial charge in [0.2, 0.25) is 0 Å². The fourth-order valence-corrected chi connectivity index (χ4v) is 3.47. The van der Waals surface area contributed by atoms with Gasteiger partial charge in [-0.05, 0) is 72.6 Å². The Morgan fingerprint density at radius 1 is 0.946 bits per heavy atom. The molecule has 0 aliphatic heterocycles. The molecule has 0 aliphatic carbocycles. The Morgan fingerprint density at radius 2 is 1.76 bits per heavy atom. The first-order valence-electron chi connectivity index (χ1n) is 11.4. The highest BCUT2D eigenvalue weighted by Gasteiger charge is 2.15. The molecule has 188 valence electrons. The molecule has 0 bridgehead atoms. The summed E-state index contributed by atoms with van der Waals surface area (Å²) in [6.07, 6.45) is 2.89. The monoisotopic (exact) mass is 517 g/mol. The molecule has 4 aromatic rings. The van der Waals surface area contributed by atoms with E-state index >= 15 is 0 Å². The first kappa shape index (κ1) is 25.5. The van der Waals surface area contributed by atoms with Crippen LogP contribution in [-0.2, 0) is 6.61 Å². The van der Waals surface area contributed by atoms with Gasteiger partial charge in [-0.25, -0.2) is 5.43 Å². The molecule has 0 spiro atoms. The first-order valence-corrected chi connectivity index (χ1v) is 11.8. The zero-order valence-corrected chi connectivity index (χ0v) is 20.7. The van der Waals surface area contributed by atoms with Crippen molar-refractivity contribution in [3.8, 4) is 11.5 Å². The number of halogens is 1. The van der Waals surface area contributed by atoms with Crippen LogP contribution in [0, 0.1) is 0 Å². The Hall–Kier alpha value is -4.56. The van der Waals surface area contributed by atoms with Crippen LogP contribution in [0.4, 0.5) is 5.69 Å². The second-order valence-electron chi connectivity index (χ2n) is 7.73. The molecule has 0 unspecified atom stereocenters. The van der Waals surface area contributed by atoms with Gasteiger partial charge >= 0.3 is 0 Å². The average molecular weight is 518 g/mol. The van der Waals surface area contributed by atoms with Crippen LogP contribution in [-0.4, -0.2) is 24.6 Å². The Kier molecular flexibility index (Phi) is 8.57. The second kappa shape index (κ2) is 12.4. The third-order valence-corrected chi connectivity index (χ3v) is 5.37. The second-order valence-corrected chi connectivity index (χ2v) is 8.17.